The third kappa shape index (κ3) is 4.60. The van der Waals surface area contributed by atoms with Crippen molar-refractivity contribution in [3.05, 3.63) is 0 Å². The molecule has 0 saturated heterocycles. The van der Waals surface area contributed by atoms with Crippen molar-refractivity contribution in [2.24, 2.45) is 5.73 Å². The molecule has 2 atom stereocenters. The number of carbonyl (C=O) groups excluding carboxylic acids is 3. The van der Waals surface area contributed by atoms with E-state index in [1.165, 1.54) is 14.0 Å². The van der Waals surface area contributed by atoms with Crippen molar-refractivity contribution >= 4 is 17.9 Å². The standard InChI is InChI=1S/C11H21N3O4/c1-5-6-11(3,9(16)18-4)14-8(15)7(2)13-10(12)17/h7H,5-6H2,1-4H3,(H,14,15)(H3,12,13,17). The van der Waals surface area contributed by atoms with Gasteiger partial charge >= 0.3 is 12.0 Å². The fraction of sp³-hybridized carbons (Fsp3) is 0.727. The monoisotopic (exact) mass is 259 g/mol. The lowest BCUT2D eigenvalue weighted by atomic mass is 9.95. The van der Waals surface area contributed by atoms with Crippen LogP contribution in [0.4, 0.5) is 4.79 Å². The number of nitrogens with one attached hydrogen (secondary N) is 2. The van der Waals surface area contributed by atoms with Gasteiger partial charge in [-0.15, -0.1) is 0 Å². The summed E-state index contributed by atoms with van der Waals surface area (Å²) in [4.78, 5) is 34.1. The number of esters is 1. The number of hydrogen-bond donors (Lipinski definition) is 3. The number of carbonyl (C=O) groups is 3. The SMILES string of the molecule is CCCC(C)(NC(=O)C(C)NC(N)=O)C(=O)OC. The fourth-order valence-corrected chi connectivity index (χ4v) is 1.60. The summed E-state index contributed by atoms with van der Waals surface area (Å²) in [6.45, 7) is 4.94. The number of hydrogen-bond acceptors (Lipinski definition) is 4. The van der Waals surface area contributed by atoms with Crippen LogP contribution >= 0.6 is 0 Å². The van der Waals surface area contributed by atoms with Crippen LogP contribution in [-0.4, -0.2) is 36.6 Å². The van der Waals surface area contributed by atoms with Gasteiger partial charge < -0.3 is 21.1 Å². The smallest absolute Gasteiger partial charge is 0.331 e. The molecule has 0 aliphatic rings. The Morgan fingerprint density at radius 3 is 2.33 bits per heavy atom. The van der Waals surface area contributed by atoms with Crippen LogP contribution in [0.3, 0.4) is 0 Å². The van der Waals surface area contributed by atoms with E-state index in [1.807, 2.05) is 6.92 Å². The summed E-state index contributed by atoms with van der Waals surface area (Å²) in [6, 6.07) is -1.61. The molecule has 0 rings (SSSR count). The lowest BCUT2D eigenvalue weighted by molar-refractivity contribution is -0.150. The molecule has 7 nitrogen and oxygen atoms in total. The van der Waals surface area contributed by atoms with Crippen molar-refractivity contribution in [3.63, 3.8) is 0 Å². The molecule has 18 heavy (non-hydrogen) atoms. The molecule has 3 amide bonds. The van der Waals surface area contributed by atoms with Crippen LogP contribution in [0, 0.1) is 0 Å². The minimum Gasteiger partial charge on any atom is -0.467 e. The summed E-state index contributed by atoms with van der Waals surface area (Å²) >= 11 is 0. The molecule has 0 spiro atoms. The van der Waals surface area contributed by atoms with Gasteiger partial charge in [0, 0.05) is 0 Å². The highest BCUT2D eigenvalue weighted by Crippen LogP contribution is 2.14. The minimum absolute atomic E-state index is 0.439. The maximum Gasteiger partial charge on any atom is 0.331 e. The number of primary amides is 1. The molecule has 0 aromatic carbocycles. The van der Waals surface area contributed by atoms with Crippen molar-refractivity contribution in [2.45, 2.75) is 45.2 Å². The number of urea groups is 1. The average molecular weight is 259 g/mol. The molecule has 0 fully saturated rings. The van der Waals surface area contributed by atoms with Crippen LogP contribution in [0.1, 0.15) is 33.6 Å². The van der Waals surface area contributed by atoms with E-state index in [-0.39, 0.29) is 0 Å². The minimum atomic E-state index is -1.10. The summed E-state index contributed by atoms with van der Waals surface area (Å²) in [6.07, 6.45) is 1.14. The van der Waals surface area contributed by atoms with E-state index in [0.717, 1.165) is 0 Å². The molecule has 0 bridgehead atoms. The Hall–Kier alpha value is -1.79. The van der Waals surface area contributed by atoms with Crippen molar-refractivity contribution in [2.75, 3.05) is 7.11 Å². The highest BCUT2D eigenvalue weighted by atomic mass is 16.5. The lowest BCUT2D eigenvalue weighted by Gasteiger charge is -2.28. The van der Waals surface area contributed by atoms with Crippen LogP contribution < -0.4 is 16.4 Å². The maximum atomic E-state index is 11.8. The van der Waals surface area contributed by atoms with Crippen LogP contribution in [-0.2, 0) is 14.3 Å². The van der Waals surface area contributed by atoms with Gasteiger partial charge in [0.2, 0.25) is 5.91 Å². The Morgan fingerprint density at radius 2 is 1.94 bits per heavy atom. The average Bonchev–Trinajstić information content (AvgIpc) is 2.27. The Labute approximate surface area is 106 Å². The van der Waals surface area contributed by atoms with Gasteiger partial charge in [-0.3, -0.25) is 4.79 Å². The van der Waals surface area contributed by atoms with Crippen molar-refractivity contribution < 1.29 is 19.1 Å². The summed E-state index contributed by atoms with van der Waals surface area (Å²) < 4.78 is 4.66. The predicted molar refractivity (Wildman–Crippen MR) is 65.7 cm³/mol. The molecular weight excluding hydrogens is 238 g/mol. The maximum absolute atomic E-state index is 11.8. The number of nitrogens with two attached hydrogens (primary N) is 1. The first-order valence-electron chi connectivity index (χ1n) is 5.73. The van der Waals surface area contributed by atoms with E-state index in [1.54, 1.807) is 6.92 Å². The molecule has 0 saturated carbocycles. The zero-order chi connectivity index (χ0) is 14.3. The Kier molecular flexibility index (Phi) is 6.15. The highest BCUT2D eigenvalue weighted by Gasteiger charge is 2.36. The van der Waals surface area contributed by atoms with Crippen LogP contribution in [0.5, 0.6) is 0 Å². The fourth-order valence-electron chi connectivity index (χ4n) is 1.60. The molecule has 0 heterocycles. The zero-order valence-electron chi connectivity index (χ0n) is 11.2. The van der Waals surface area contributed by atoms with Crippen molar-refractivity contribution in [1.29, 1.82) is 0 Å². The molecule has 0 aromatic heterocycles. The second-order valence-corrected chi connectivity index (χ2v) is 4.29. The van der Waals surface area contributed by atoms with Crippen LogP contribution in [0.2, 0.25) is 0 Å². The van der Waals surface area contributed by atoms with Gasteiger partial charge in [-0.2, -0.15) is 0 Å². The molecule has 0 radical (unpaired) electrons. The van der Waals surface area contributed by atoms with E-state index in [0.29, 0.717) is 12.8 Å². The Bertz CT molecular complexity index is 332. The second-order valence-electron chi connectivity index (χ2n) is 4.29. The zero-order valence-corrected chi connectivity index (χ0v) is 11.2. The quantitative estimate of drug-likeness (QED) is 0.578. The van der Waals surface area contributed by atoms with Gasteiger partial charge in [-0.05, 0) is 20.3 Å². The predicted octanol–water partition coefficient (Wildman–Crippen LogP) is -0.109. The van der Waals surface area contributed by atoms with Gasteiger partial charge in [0.1, 0.15) is 11.6 Å². The first-order chi connectivity index (χ1) is 8.26. The third-order valence-electron chi connectivity index (χ3n) is 2.54. The van der Waals surface area contributed by atoms with Crippen molar-refractivity contribution in [1.82, 2.24) is 10.6 Å². The summed E-state index contributed by atoms with van der Waals surface area (Å²) in [5, 5.41) is 4.81. The molecule has 0 aliphatic carbocycles. The molecule has 0 aliphatic heterocycles. The summed E-state index contributed by atoms with van der Waals surface area (Å²) in [5.74, 6) is -1.01. The Balaban J connectivity index is 4.73. The number of ether oxygens (including phenoxy) is 1. The number of amides is 3. The van der Waals surface area contributed by atoms with E-state index < -0.39 is 29.5 Å². The Morgan fingerprint density at radius 1 is 1.39 bits per heavy atom. The van der Waals surface area contributed by atoms with E-state index in [2.05, 4.69) is 15.4 Å². The molecule has 4 N–H and O–H groups in total. The highest BCUT2D eigenvalue weighted by molar-refractivity contribution is 5.91. The topological polar surface area (TPSA) is 111 Å². The largest absolute Gasteiger partial charge is 0.467 e. The molecule has 7 heteroatoms. The second kappa shape index (κ2) is 6.83. The van der Waals surface area contributed by atoms with Crippen LogP contribution in [0.25, 0.3) is 0 Å². The number of rotatable bonds is 6. The van der Waals surface area contributed by atoms with Crippen molar-refractivity contribution in [3.8, 4) is 0 Å². The third-order valence-corrected chi connectivity index (χ3v) is 2.54. The van der Waals surface area contributed by atoms with Crippen LogP contribution in [0.15, 0.2) is 0 Å². The first-order valence-corrected chi connectivity index (χ1v) is 5.73. The summed E-state index contributed by atoms with van der Waals surface area (Å²) in [5.41, 5.74) is 3.81. The lowest BCUT2D eigenvalue weighted by Crippen LogP contribution is -2.57. The van der Waals surface area contributed by atoms with E-state index >= 15 is 0 Å². The van der Waals surface area contributed by atoms with Gasteiger partial charge in [-0.1, -0.05) is 13.3 Å². The summed E-state index contributed by atoms with van der Waals surface area (Å²) in [7, 11) is 1.26. The molecule has 2 unspecified atom stereocenters. The molecule has 0 aromatic rings. The van der Waals surface area contributed by atoms with Gasteiger partial charge in [-0.25, -0.2) is 9.59 Å². The molecule has 104 valence electrons. The van der Waals surface area contributed by atoms with E-state index in [9.17, 15) is 14.4 Å². The first kappa shape index (κ1) is 16.2. The van der Waals surface area contributed by atoms with E-state index in [4.69, 9.17) is 5.73 Å². The molecular formula is C11H21N3O4. The van der Waals surface area contributed by atoms with Gasteiger partial charge in [0.15, 0.2) is 0 Å². The van der Waals surface area contributed by atoms with Gasteiger partial charge in [0.25, 0.3) is 0 Å². The number of methoxy groups -OCH3 is 1. The normalized spacial score (nSPS) is 15.1. The van der Waals surface area contributed by atoms with Gasteiger partial charge in [0.05, 0.1) is 7.11 Å².